The molecule has 9 heteroatoms. The Balaban J connectivity index is 1.48. The topological polar surface area (TPSA) is 72.7 Å². The zero-order valence-electron chi connectivity index (χ0n) is 17.1. The van der Waals surface area contributed by atoms with E-state index in [9.17, 15) is 9.59 Å². The molecule has 3 aromatic rings. The van der Waals surface area contributed by atoms with Gasteiger partial charge in [-0.1, -0.05) is 35.3 Å². The second-order valence-electron chi connectivity index (χ2n) is 7.40. The summed E-state index contributed by atoms with van der Waals surface area (Å²) in [6, 6.07) is 12.1. The van der Waals surface area contributed by atoms with Crippen LogP contribution in [0.15, 0.2) is 59.0 Å². The van der Waals surface area contributed by atoms with E-state index in [0.29, 0.717) is 34.0 Å². The maximum absolute atomic E-state index is 12.6. The van der Waals surface area contributed by atoms with Crippen molar-refractivity contribution in [2.24, 2.45) is 4.99 Å². The van der Waals surface area contributed by atoms with Crippen molar-refractivity contribution in [3.05, 3.63) is 85.6 Å². The number of nitrogens with one attached hydrogen (secondary N) is 1. The summed E-state index contributed by atoms with van der Waals surface area (Å²) in [5, 5.41) is 5.51. The molecule has 1 fully saturated rings. The third-order valence-electron chi connectivity index (χ3n) is 5.08. The summed E-state index contributed by atoms with van der Waals surface area (Å²) in [7, 11) is 0. The van der Waals surface area contributed by atoms with Crippen LogP contribution >= 0.6 is 34.5 Å². The molecule has 2 heterocycles. The van der Waals surface area contributed by atoms with E-state index in [1.165, 1.54) is 17.4 Å². The molecule has 1 aliphatic heterocycles. The number of ether oxygens (including phenoxy) is 1. The molecule has 2 aromatic carbocycles. The minimum absolute atomic E-state index is 0.0966. The lowest BCUT2D eigenvalue weighted by Crippen LogP contribution is -2.31. The largest absolute Gasteiger partial charge is 0.376 e. The number of hydrogen-bond acceptors (Lipinski definition) is 4. The van der Waals surface area contributed by atoms with Crippen molar-refractivity contribution in [1.29, 1.82) is 0 Å². The van der Waals surface area contributed by atoms with E-state index < -0.39 is 5.91 Å². The number of halogens is 2. The Morgan fingerprint density at radius 1 is 1.22 bits per heavy atom. The lowest BCUT2D eigenvalue weighted by atomic mass is 10.1. The third-order valence-corrected chi connectivity index (χ3v) is 6.42. The van der Waals surface area contributed by atoms with Gasteiger partial charge in [0.1, 0.15) is 0 Å². The van der Waals surface area contributed by atoms with Gasteiger partial charge in [0.25, 0.3) is 11.8 Å². The SMILES string of the molecule is O=C(NC[C@@H]1CCCO1)c1cccc(Cn2ccsc2=NC(=O)c2ccc(Cl)cc2Cl)c1. The maximum Gasteiger partial charge on any atom is 0.281 e. The van der Waals surface area contributed by atoms with Crippen LogP contribution in [0.25, 0.3) is 0 Å². The Labute approximate surface area is 199 Å². The van der Waals surface area contributed by atoms with Gasteiger partial charge >= 0.3 is 0 Å². The highest BCUT2D eigenvalue weighted by Gasteiger charge is 2.17. The van der Waals surface area contributed by atoms with E-state index in [0.717, 1.165) is 25.0 Å². The molecule has 4 rings (SSSR count). The van der Waals surface area contributed by atoms with E-state index in [4.69, 9.17) is 27.9 Å². The second kappa shape index (κ2) is 10.4. The normalized spacial score (nSPS) is 16.3. The van der Waals surface area contributed by atoms with Crippen molar-refractivity contribution < 1.29 is 14.3 Å². The number of aromatic nitrogens is 1. The zero-order chi connectivity index (χ0) is 22.5. The van der Waals surface area contributed by atoms with Crippen LogP contribution in [0.2, 0.25) is 10.0 Å². The van der Waals surface area contributed by atoms with Crippen molar-refractivity contribution in [2.45, 2.75) is 25.5 Å². The average Bonchev–Trinajstić information content (AvgIpc) is 3.44. The summed E-state index contributed by atoms with van der Waals surface area (Å²) in [6.07, 6.45) is 3.96. The predicted octanol–water partition coefficient (Wildman–Crippen LogP) is 4.55. The minimum atomic E-state index is -0.440. The molecule has 2 amide bonds. The van der Waals surface area contributed by atoms with Crippen molar-refractivity contribution in [3.63, 3.8) is 0 Å². The van der Waals surface area contributed by atoms with Gasteiger partial charge in [0, 0.05) is 41.9 Å². The van der Waals surface area contributed by atoms with Gasteiger partial charge in [-0.25, -0.2) is 0 Å². The zero-order valence-corrected chi connectivity index (χ0v) is 19.4. The van der Waals surface area contributed by atoms with Crippen molar-refractivity contribution in [3.8, 4) is 0 Å². The first-order chi connectivity index (χ1) is 15.5. The number of rotatable bonds is 6. The van der Waals surface area contributed by atoms with Gasteiger partial charge in [0.05, 0.1) is 16.7 Å². The number of amides is 2. The summed E-state index contributed by atoms with van der Waals surface area (Å²) < 4.78 is 7.41. The highest BCUT2D eigenvalue weighted by Crippen LogP contribution is 2.21. The summed E-state index contributed by atoms with van der Waals surface area (Å²) in [5.41, 5.74) is 1.80. The van der Waals surface area contributed by atoms with Crippen LogP contribution in [-0.2, 0) is 11.3 Å². The predicted molar refractivity (Wildman–Crippen MR) is 126 cm³/mol. The fourth-order valence-electron chi connectivity index (χ4n) is 3.44. The molecule has 0 aliphatic carbocycles. The van der Waals surface area contributed by atoms with E-state index in [2.05, 4.69) is 10.3 Å². The van der Waals surface area contributed by atoms with Crippen LogP contribution in [0.5, 0.6) is 0 Å². The average molecular weight is 490 g/mol. The maximum atomic E-state index is 12.6. The molecule has 166 valence electrons. The van der Waals surface area contributed by atoms with Crippen molar-refractivity contribution >= 4 is 46.4 Å². The van der Waals surface area contributed by atoms with Gasteiger partial charge in [-0.3, -0.25) is 9.59 Å². The number of hydrogen-bond donors (Lipinski definition) is 1. The van der Waals surface area contributed by atoms with Crippen LogP contribution in [-0.4, -0.2) is 35.6 Å². The molecule has 1 aliphatic rings. The van der Waals surface area contributed by atoms with E-state index in [1.54, 1.807) is 18.2 Å². The molecule has 32 heavy (non-hydrogen) atoms. The molecule has 1 aromatic heterocycles. The lowest BCUT2D eigenvalue weighted by molar-refractivity contribution is 0.0857. The standard InChI is InChI=1S/C23H21Cl2N3O3S/c24-17-6-7-19(20(25)12-17)22(30)27-23-28(8-10-32-23)14-15-3-1-4-16(11-15)21(29)26-13-18-5-2-9-31-18/h1,3-4,6-8,10-12,18H,2,5,9,13-14H2,(H,26,29)/t18-/m0/s1. The van der Waals surface area contributed by atoms with E-state index in [1.807, 2.05) is 34.3 Å². The molecule has 0 saturated carbocycles. The first-order valence-electron chi connectivity index (χ1n) is 10.2. The molecular weight excluding hydrogens is 469 g/mol. The van der Waals surface area contributed by atoms with E-state index in [-0.39, 0.29) is 17.0 Å². The minimum Gasteiger partial charge on any atom is -0.376 e. The molecule has 6 nitrogen and oxygen atoms in total. The Morgan fingerprint density at radius 3 is 2.88 bits per heavy atom. The van der Waals surface area contributed by atoms with Gasteiger partial charge in [0.15, 0.2) is 4.80 Å². The van der Waals surface area contributed by atoms with Crippen molar-refractivity contribution in [2.75, 3.05) is 13.2 Å². The highest BCUT2D eigenvalue weighted by atomic mass is 35.5. The molecule has 0 bridgehead atoms. The van der Waals surface area contributed by atoms with Gasteiger partial charge in [-0.15, -0.1) is 11.3 Å². The van der Waals surface area contributed by atoms with Crippen LogP contribution in [0.1, 0.15) is 39.1 Å². The highest BCUT2D eigenvalue weighted by molar-refractivity contribution is 7.07. The van der Waals surface area contributed by atoms with Gasteiger partial charge in [-0.2, -0.15) is 4.99 Å². The van der Waals surface area contributed by atoms with Gasteiger partial charge in [-0.05, 0) is 48.7 Å². The Hall–Kier alpha value is -2.45. The molecule has 0 unspecified atom stereocenters. The van der Waals surface area contributed by atoms with E-state index >= 15 is 0 Å². The van der Waals surface area contributed by atoms with Crippen LogP contribution in [0, 0.1) is 0 Å². The number of benzene rings is 2. The van der Waals surface area contributed by atoms with Crippen LogP contribution in [0.4, 0.5) is 0 Å². The Bertz CT molecular complexity index is 1200. The lowest BCUT2D eigenvalue weighted by Gasteiger charge is -2.11. The quantitative estimate of drug-likeness (QED) is 0.551. The fourth-order valence-corrected chi connectivity index (χ4v) is 4.65. The van der Waals surface area contributed by atoms with Crippen molar-refractivity contribution in [1.82, 2.24) is 9.88 Å². The summed E-state index contributed by atoms with van der Waals surface area (Å²) >= 11 is 13.4. The Morgan fingerprint density at radius 2 is 2.09 bits per heavy atom. The molecule has 1 atom stereocenters. The van der Waals surface area contributed by atoms with Gasteiger partial charge in [0.2, 0.25) is 0 Å². The molecule has 0 spiro atoms. The van der Waals surface area contributed by atoms with Gasteiger partial charge < -0.3 is 14.6 Å². The smallest absolute Gasteiger partial charge is 0.281 e. The first kappa shape index (κ1) is 22.7. The molecule has 1 N–H and O–H groups in total. The summed E-state index contributed by atoms with van der Waals surface area (Å²) in [6.45, 7) is 1.74. The first-order valence-corrected chi connectivity index (χ1v) is 11.8. The number of thiazole rings is 1. The monoisotopic (exact) mass is 489 g/mol. The molecule has 0 radical (unpaired) electrons. The summed E-state index contributed by atoms with van der Waals surface area (Å²) in [5.74, 6) is -0.569. The fraction of sp³-hybridized carbons (Fsp3) is 0.261. The summed E-state index contributed by atoms with van der Waals surface area (Å²) in [4.78, 5) is 29.9. The Kier molecular flexibility index (Phi) is 7.42. The van der Waals surface area contributed by atoms with Crippen LogP contribution < -0.4 is 10.1 Å². The number of carbonyl (C=O) groups is 2. The molecular formula is C23H21Cl2N3O3S. The number of nitrogens with zero attached hydrogens (tertiary/aromatic N) is 2. The second-order valence-corrected chi connectivity index (χ2v) is 9.12. The third kappa shape index (κ3) is 5.66. The molecule has 1 saturated heterocycles. The number of carbonyl (C=O) groups excluding carboxylic acids is 2. The van der Waals surface area contributed by atoms with Crippen LogP contribution in [0.3, 0.4) is 0 Å².